The van der Waals surface area contributed by atoms with Crippen LogP contribution in [0.4, 0.5) is 57.1 Å². The van der Waals surface area contributed by atoms with Crippen molar-refractivity contribution in [3.8, 4) is 0 Å². The molecule has 0 unspecified atom stereocenters. The van der Waals surface area contributed by atoms with E-state index in [1.54, 1.807) is 0 Å². The molecule has 0 spiro atoms. The zero-order valence-corrected chi connectivity index (χ0v) is 11.6. The van der Waals surface area contributed by atoms with Gasteiger partial charge in [0.1, 0.15) is 0 Å². The van der Waals surface area contributed by atoms with Crippen molar-refractivity contribution in [3.05, 3.63) is 0 Å². The van der Waals surface area contributed by atoms with Crippen LogP contribution in [0.1, 0.15) is 27.2 Å². The normalized spacial score (nSPS) is 15.1. The lowest BCUT2D eigenvalue weighted by Crippen LogP contribution is -2.69. The van der Waals surface area contributed by atoms with E-state index in [4.69, 9.17) is 0 Å². The van der Waals surface area contributed by atoms with Crippen LogP contribution in [0.25, 0.3) is 0 Å². The summed E-state index contributed by atoms with van der Waals surface area (Å²) >= 11 is 0. The predicted molar refractivity (Wildman–Crippen MR) is 52.4 cm³/mol. The highest BCUT2D eigenvalue weighted by Gasteiger charge is 2.90. The zero-order valence-electron chi connectivity index (χ0n) is 11.6. The van der Waals surface area contributed by atoms with E-state index in [2.05, 4.69) is 0 Å². The lowest BCUT2D eigenvalue weighted by molar-refractivity contribution is -0.439. The highest BCUT2D eigenvalue weighted by Crippen LogP contribution is 2.60. The maximum absolute atomic E-state index is 12.7. The first-order valence-electron chi connectivity index (χ1n) is 5.77. The molecule has 142 valence electrons. The molecule has 0 nitrogen and oxygen atoms in total. The molecule has 0 aliphatic heterocycles. The van der Waals surface area contributed by atoms with Gasteiger partial charge in [0, 0.05) is 6.42 Å². The number of hydrogen-bond acceptors (Lipinski definition) is 0. The van der Waals surface area contributed by atoms with Gasteiger partial charge in [-0.05, 0) is 0 Å². The molecule has 0 aromatic heterocycles. The summed E-state index contributed by atoms with van der Waals surface area (Å²) < 4.78 is 161. The Morgan fingerprint density at radius 2 is 0.739 bits per heavy atom. The fraction of sp³-hybridized carbons (Fsp3) is 1.00. The molecule has 0 aliphatic carbocycles. The summed E-state index contributed by atoms with van der Waals surface area (Å²) in [5.41, 5.74) is 0. The van der Waals surface area contributed by atoms with Gasteiger partial charge < -0.3 is 0 Å². The number of halogens is 13. The van der Waals surface area contributed by atoms with Gasteiger partial charge in [0.15, 0.2) is 0 Å². The Kier molecular flexibility index (Phi) is 6.92. The third-order valence-electron chi connectivity index (χ3n) is 2.44. The lowest BCUT2D eigenvalue weighted by atomic mass is 9.93. The van der Waals surface area contributed by atoms with E-state index in [0.717, 1.165) is 0 Å². The summed E-state index contributed by atoms with van der Waals surface area (Å²) in [5, 5.41) is 0. The van der Waals surface area contributed by atoms with Crippen LogP contribution in [0.3, 0.4) is 0 Å². The van der Waals surface area contributed by atoms with E-state index in [9.17, 15) is 57.1 Å². The minimum atomic E-state index is -7.81. The van der Waals surface area contributed by atoms with Crippen LogP contribution in [-0.4, -0.2) is 35.8 Å². The monoisotopic (exact) mass is 378 g/mol. The molecule has 0 aliphatic rings. The second-order valence-corrected chi connectivity index (χ2v) is 3.85. The second kappa shape index (κ2) is 6.54. The molecule has 0 fully saturated rings. The van der Waals surface area contributed by atoms with Gasteiger partial charge in [-0.2, -0.15) is 57.1 Å². The van der Waals surface area contributed by atoms with Crippen LogP contribution in [-0.2, 0) is 0 Å². The molecule has 0 saturated heterocycles. The third-order valence-corrected chi connectivity index (χ3v) is 2.44. The third kappa shape index (κ3) is 3.47. The standard InChI is InChI=1S/C8H5F13.C2H6/c1-2-3(9,10)4(11,12)5(13,14)6(15,16)7(17,18)8(19,20)21;1-2/h2H2,1H3;1-2H3. The Bertz CT molecular complexity index is 379. The van der Waals surface area contributed by atoms with E-state index in [0.29, 0.717) is 0 Å². The van der Waals surface area contributed by atoms with Gasteiger partial charge in [0.2, 0.25) is 0 Å². The molecule has 0 amide bonds. The van der Waals surface area contributed by atoms with Crippen molar-refractivity contribution in [3.63, 3.8) is 0 Å². The Hall–Kier alpha value is -0.910. The molecule has 0 radical (unpaired) electrons. The molecule has 0 rings (SSSR count). The Morgan fingerprint density at radius 1 is 0.478 bits per heavy atom. The first-order chi connectivity index (χ1) is 9.81. The number of alkyl halides is 13. The van der Waals surface area contributed by atoms with Crippen molar-refractivity contribution in [1.82, 2.24) is 0 Å². The van der Waals surface area contributed by atoms with Gasteiger partial charge in [0.25, 0.3) is 0 Å². The SMILES string of the molecule is CC.CCC(F)(F)C(F)(F)C(F)(F)C(F)(F)C(F)(F)C(F)(F)F. The number of hydrogen-bond donors (Lipinski definition) is 0. The van der Waals surface area contributed by atoms with Gasteiger partial charge in [-0.1, -0.05) is 20.8 Å². The average Bonchev–Trinajstić information content (AvgIpc) is 2.38. The summed E-state index contributed by atoms with van der Waals surface area (Å²) in [6.45, 7) is 4.12. The summed E-state index contributed by atoms with van der Waals surface area (Å²) in [4.78, 5) is 0. The van der Waals surface area contributed by atoms with E-state index in [1.165, 1.54) is 0 Å². The molecule has 23 heavy (non-hydrogen) atoms. The van der Waals surface area contributed by atoms with Gasteiger partial charge in [-0.25, -0.2) is 0 Å². The van der Waals surface area contributed by atoms with Crippen LogP contribution in [0.15, 0.2) is 0 Å². The highest BCUT2D eigenvalue weighted by molar-refractivity contribution is 5.09. The molecule has 0 heterocycles. The van der Waals surface area contributed by atoms with Crippen LogP contribution < -0.4 is 0 Å². The molecule has 0 N–H and O–H groups in total. The maximum atomic E-state index is 12.7. The fourth-order valence-corrected chi connectivity index (χ4v) is 1.02. The fourth-order valence-electron chi connectivity index (χ4n) is 1.02. The summed E-state index contributed by atoms with van der Waals surface area (Å²) in [6, 6.07) is 0. The van der Waals surface area contributed by atoms with Crippen molar-refractivity contribution in [2.45, 2.75) is 63.0 Å². The Morgan fingerprint density at radius 3 is 0.957 bits per heavy atom. The molecule has 0 atom stereocenters. The molecule has 0 aromatic carbocycles. The molecule has 0 aromatic rings. The molecular formula is C10H11F13. The zero-order chi connectivity index (χ0) is 19.7. The maximum Gasteiger partial charge on any atom is 0.460 e. The minimum absolute atomic E-state index is 0.115. The summed E-state index contributed by atoms with van der Waals surface area (Å²) in [5.74, 6) is -36.2. The van der Waals surface area contributed by atoms with Crippen molar-refractivity contribution in [2.75, 3.05) is 0 Å². The molecular weight excluding hydrogens is 367 g/mol. The summed E-state index contributed by atoms with van der Waals surface area (Å²) in [7, 11) is 0. The first kappa shape index (κ1) is 24.3. The smallest absolute Gasteiger partial charge is 0.200 e. The highest BCUT2D eigenvalue weighted by atomic mass is 19.4. The van der Waals surface area contributed by atoms with Gasteiger partial charge in [-0.3, -0.25) is 0 Å². The van der Waals surface area contributed by atoms with Crippen LogP contribution in [0.2, 0.25) is 0 Å². The van der Waals surface area contributed by atoms with Gasteiger partial charge in [-0.15, -0.1) is 0 Å². The van der Waals surface area contributed by atoms with Crippen LogP contribution in [0.5, 0.6) is 0 Å². The van der Waals surface area contributed by atoms with Crippen molar-refractivity contribution >= 4 is 0 Å². The van der Waals surface area contributed by atoms with E-state index < -0.39 is 42.2 Å². The van der Waals surface area contributed by atoms with E-state index in [1.807, 2.05) is 13.8 Å². The Labute approximate surface area is 121 Å². The lowest BCUT2D eigenvalue weighted by Gasteiger charge is -2.39. The Balaban J connectivity index is 0. The quantitative estimate of drug-likeness (QED) is 0.503. The molecule has 0 saturated carbocycles. The largest absolute Gasteiger partial charge is 0.460 e. The van der Waals surface area contributed by atoms with Gasteiger partial charge in [0.05, 0.1) is 0 Å². The minimum Gasteiger partial charge on any atom is -0.200 e. The van der Waals surface area contributed by atoms with Crippen molar-refractivity contribution < 1.29 is 57.1 Å². The summed E-state index contributed by atoms with van der Waals surface area (Å²) in [6.07, 6.45) is -9.57. The second-order valence-electron chi connectivity index (χ2n) is 3.85. The molecule has 0 bridgehead atoms. The van der Waals surface area contributed by atoms with Crippen molar-refractivity contribution in [2.24, 2.45) is 0 Å². The first-order valence-corrected chi connectivity index (χ1v) is 5.77. The topological polar surface area (TPSA) is 0 Å². The van der Waals surface area contributed by atoms with Crippen LogP contribution >= 0.6 is 0 Å². The molecule has 13 heteroatoms. The predicted octanol–water partition coefficient (Wildman–Crippen LogP) is 6.16. The number of rotatable bonds is 5. The van der Waals surface area contributed by atoms with E-state index >= 15 is 0 Å². The van der Waals surface area contributed by atoms with Crippen LogP contribution in [0, 0.1) is 0 Å². The van der Waals surface area contributed by atoms with E-state index in [-0.39, 0.29) is 6.92 Å². The average molecular weight is 378 g/mol. The van der Waals surface area contributed by atoms with Gasteiger partial charge >= 0.3 is 35.8 Å². The van der Waals surface area contributed by atoms with Crippen molar-refractivity contribution in [1.29, 1.82) is 0 Å².